The number of nitrogens with zero attached hydrogens (tertiary/aromatic N) is 3. The van der Waals surface area contributed by atoms with Crippen LogP contribution >= 0.6 is 0 Å². The molecule has 0 aliphatic carbocycles. The van der Waals surface area contributed by atoms with Crippen molar-refractivity contribution in [3.05, 3.63) is 48.3 Å². The molecule has 1 aliphatic heterocycles. The fourth-order valence-corrected chi connectivity index (χ4v) is 3.10. The molecule has 1 aromatic carbocycles. The van der Waals surface area contributed by atoms with E-state index in [0.29, 0.717) is 26.2 Å². The van der Waals surface area contributed by atoms with E-state index in [1.165, 1.54) is 0 Å². The highest BCUT2D eigenvalue weighted by Crippen LogP contribution is 2.15. The number of amides is 3. The van der Waals surface area contributed by atoms with Crippen LogP contribution in [0.3, 0.4) is 0 Å². The normalized spacial score (nSPS) is 16.6. The van der Waals surface area contributed by atoms with Crippen LogP contribution in [0.4, 0.5) is 15.3 Å². The van der Waals surface area contributed by atoms with Crippen molar-refractivity contribution < 1.29 is 14.3 Å². The van der Waals surface area contributed by atoms with Crippen molar-refractivity contribution in [2.75, 3.05) is 25.0 Å². The first-order valence-electron chi connectivity index (χ1n) is 9.19. The van der Waals surface area contributed by atoms with E-state index >= 15 is 0 Å². The van der Waals surface area contributed by atoms with Gasteiger partial charge in [0.05, 0.1) is 13.2 Å². The lowest BCUT2D eigenvalue weighted by atomic mass is 10.1. The van der Waals surface area contributed by atoms with E-state index in [-0.39, 0.29) is 12.1 Å². The van der Waals surface area contributed by atoms with Gasteiger partial charge in [-0.1, -0.05) is 12.1 Å². The maximum atomic E-state index is 12.5. The maximum absolute atomic E-state index is 12.5. The number of carbonyl (C=O) groups is 2. The van der Waals surface area contributed by atoms with E-state index in [1.54, 1.807) is 18.0 Å². The van der Waals surface area contributed by atoms with Crippen LogP contribution < -0.4 is 10.6 Å². The topological polar surface area (TPSA) is 88.5 Å². The Balaban J connectivity index is 1.51. The molecule has 1 fully saturated rings. The quantitative estimate of drug-likeness (QED) is 0.846. The summed E-state index contributed by atoms with van der Waals surface area (Å²) in [5.41, 5.74) is 1.85. The second-order valence-electron chi connectivity index (χ2n) is 6.48. The van der Waals surface area contributed by atoms with Crippen LogP contribution in [-0.4, -0.2) is 52.5 Å². The van der Waals surface area contributed by atoms with Crippen molar-refractivity contribution in [3.63, 3.8) is 0 Å². The number of likely N-dealkylation sites (tertiary alicyclic amines) is 1. The molecule has 2 heterocycles. The van der Waals surface area contributed by atoms with E-state index in [2.05, 4.69) is 15.7 Å². The Morgan fingerprint density at radius 3 is 2.81 bits per heavy atom. The van der Waals surface area contributed by atoms with Crippen molar-refractivity contribution in [3.8, 4) is 0 Å². The second kappa shape index (κ2) is 9.07. The molecule has 2 aromatic rings. The molecule has 144 valence electrons. The van der Waals surface area contributed by atoms with Crippen LogP contribution in [0, 0.1) is 0 Å². The molecule has 2 N–H and O–H groups in total. The number of hydrogen-bond acceptors (Lipinski definition) is 4. The number of piperidine rings is 1. The first kappa shape index (κ1) is 18.8. The van der Waals surface area contributed by atoms with Gasteiger partial charge in [-0.2, -0.15) is 5.10 Å². The zero-order valence-corrected chi connectivity index (χ0v) is 15.4. The molecule has 0 saturated carbocycles. The van der Waals surface area contributed by atoms with Crippen LogP contribution in [-0.2, 0) is 11.3 Å². The van der Waals surface area contributed by atoms with Crippen molar-refractivity contribution in [1.82, 2.24) is 20.0 Å². The molecule has 3 amide bonds. The summed E-state index contributed by atoms with van der Waals surface area (Å²) in [6.45, 7) is 3.93. The maximum Gasteiger partial charge on any atom is 0.407 e. The van der Waals surface area contributed by atoms with E-state index in [9.17, 15) is 9.59 Å². The number of anilines is 1. The highest BCUT2D eigenvalue weighted by Gasteiger charge is 2.25. The van der Waals surface area contributed by atoms with Crippen LogP contribution in [0.25, 0.3) is 0 Å². The minimum absolute atomic E-state index is 0.0833. The molecule has 8 heteroatoms. The average Bonchev–Trinajstić information content (AvgIpc) is 3.17. The third-order valence-electron chi connectivity index (χ3n) is 4.41. The van der Waals surface area contributed by atoms with E-state index in [4.69, 9.17) is 4.74 Å². The number of ether oxygens (including phenoxy) is 1. The van der Waals surface area contributed by atoms with Gasteiger partial charge in [-0.05, 0) is 43.5 Å². The molecule has 1 aromatic heterocycles. The lowest BCUT2D eigenvalue weighted by molar-refractivity contribution is 0.137. The van der Waals surface area contributed by atoms with Gasteiger partial charge in [0.2, 0.25) is 0 Å². The van der Waals surface area contributed by atoms with Crippen molar-refractivity contribution in [1.29, 1.82) is 0 Å². The number of rotatable bonds is 5. The Hall–Kier alpha value is -3.03. The number of aromatic nitrogens is 2. The minimum atomic E-state index is -0.433. The number of urea groups is 1. The van der Waals surface area contributed by atoms with Crippen LogP contribution in [0.5, 0.6) is 0 Å². The first-order valence-corrected chi connectivity index (χ1v) is 9.19. The van der Waals surface area contributed by atoms with Crippen molar-refractivity contribution in [2.45, 2.75) is 32.4 Å². The Morgan fingerprint density at radius 1 is 1.30 bits per heavy atom. The summed E-state index contributed by atoms with van der Waals surface area (Å²) in [6.07, 6.45) is 4.90. The molecular formula is C19H25N5O3. The fourth-order valence-electron chi connectivity index (χ4n) is 3.10. The number of hydrogen-bond donors (Lipinski definition) is 2. The molecule has 0 bridgehead atoms. The lowest BCUT2D eigenvalue weighted by Crippen LogP contribution is -2.50. The number of nitrogens with one attached hydrogen (secondary N) is 2. The third-order valence-corrected chi connectivity index (χ3v) is 4.41. The molecule has 1 unspecified atom stereocenters. The summed E-state index contributed by atoms with van der Waals surface area (Å²) in [7, 11) is 0. The molecule has 0 radical (unpaired) electrons. The summed E-state index contributed by atoms with van der Waals surface area (Å²) >= 11 is 0. The van der Waals surface area contributed by atoms with Crippen LogP contribution in [0.1, 0.15) is 25.3 Å². The second-order valence-corrected chi connectivity index (χ2v) is 6.48. The highest BCUT2D eigenvalue weighted by molar-refractivity contribution is 5.89. The van der Waals surface area contributed by atoms with Gasteiger partial charge >= 0.3 is 12.1 Å². The van der Waals surface area contributed by atoms with Gasteiger partial charge < -0.3 is 20.3 Å². The van der Waals surface area contributed by atoms with Gasteiger partial charge in [-0.3, -0.25) is 4.68 Å². The van der Waals surface area contributed by atoms with E-state index < -0.39 is 6.09 Å². The highest BCUT2D eigenvalue weighted by atomic mass is 16.5. The van der Waals surface area contributed by atoms with Crippen molar-refractivity contribution >= 4 is 17.8 Å². The minimum Gasteiger partial charge on any atom is -0.450 e. The summed E-state index contributed by atoms with van der Waals surface area (Å²) in [5.74, 6) is 0. The summed E-state index contributed by atoms with van der Waals surface area (Å²) < 4.78 is 6.75. The number of benzene rings is 1. The van der Waals surface area contributed by atoms with Crippen LogP contribution in [0.2, 0.25) is 0 Å². The zero-order chi connectivity index (χ0) is 19.1. The summed E-state index contributed by atoms with van der Waals surface area (Å²) in [5, 5.41) is 9.91. The summed E-state index contributed by atoms with van der Waals surface area (Å²) in [6, 6.07) is 9.35. The first-order chi connectivity index (χ1) is 13.1. The summed E-state index contributed by atoms with van der Waals surface area (Å²) in [4.78, 5) is 25.8. The molecule has 1 saturated heterocycles. The number of alkyl carbamates (subject to hydrolysis) is 1. The van der Waals surface area contributed by atoms with E-state index in [1.807, 2.05) is 41.2 Å². The molecule has 27 heavy (non-hydrogen) atoms. The molecule has 8 nitrogen and oxygen atoms in total. The van der Waals surface area contributed by atoms with Gasteiger partial charge in [-0.15, -0.1) is 0 Å². The van der Waals surface area contributed by atoms with Gasteiger partial charge in [0, 0.05) is 37.2 Å². The fraction of sp³-hybridized carbons (Fsp3) is 0.421. The van der Waals surface area contributed by atoms with Gasteiger partial charge in [0.15, 0.2) is 0 Å². The standard InChI is InChI=1S/C19H25N5O3/c1-2-27-19(26)22-17-5-3-11-23(14-17)18(25)21-16-8-6-15(7-9-16)13-24-12-4-10-20-24/h4,6-10,12,17H,2-3,5,11,13-14H2,1H3,(H,21,25)(H,22,26). The molecule has 3 rings (SSSR count). The predicted molar refractivity (Wildman–Crippen MR) is 102 cm³/mol. The largest absolute Gasteiger partial charge is 0.450 e. The van der Waals surface area contributed by atoms with Gasteiger partial charge in [0.25, 0.3) is 0 Å². The molecule has 0 spiro atoms. The van der Waals surface area contributed by atoms with E-state index in [0.717, 1.165) is 24.1 Å². The average molecular weight is 371 g/mol. The van der Waals surface area contributed by atoms with Gasteiger partial charge in [-0.25, -0.2) is 9.59 Å². The Labute approximate surface area is 158 Å². The molecular weight excluding hydrogens is 346 g/mol. The monoisotopic (exact) mass is 371 g/mol. The Morgan fingerprint density at radius 2 is 2.11 bits per heavy atom. The van der Waals surface area contributed by atoms with Crippen molar-refractivity contribution in [2.24, 2.45) is 0 Å². The Kier molecular flexibility index (Phi) is 6.30. The molecule has 1 aliphatic rings. The third kappa shape index (κ3) is 5.47. The smallest absolute Gasteiger partial charge is 0.407 e. The van der Waals surface area contributed by atoms with Gasteiger partial charge in [0.1, 0.15) is 0 Å². The SMILES string of the molecule is CCOC(=O)NC1CCCN(C(=O)Nc2ccc(Cn3cccn3)cc2)C1. The molecule has 1 atom stereocenters. The predicted octanol–water partition coefficient (Wildman–Crippen LogP) is 2.67. The zero-order valence-electron chi connectivity index (χ0n) is 15.4. The van der Waals surface area contributed by atoms with Crippen LogP contribution in [0.15, 0.2) is 42.7 Å². The lowest BCUT2D eigenvalue weighted by Gasteiger charge is -2.32. The Bertz CT molecular complexity index is 745. The number of carbonyl (C=O) groups excluding carboxylic acids is 2.